The van der Waals surface area contributed by atoms with Crippen molar-refractivity contribution in [3.8, 4) is 0 Å². The van der Waals surface area contributed by atoms with Crippen molar-refractivity contribution in [1.29, 1.82) is 0 Å². The van der Waals surface area contributed by atoms with Crippen LogP contribution < -0.4 is 5.73 Å². The zero-order valence-corrected chi connectivity index (χ0v) is 13.0. The number of ether oxygens (including phenoxy) is 1. The van der Waals surface area contributed by atoms with Crippen LogP contribution in [-0.2, 0) is 14.8 Å². The van der Waals surface area contributed by atoms with Crippen molar-refractivity contribution in [2.75, 3.05) is 25.9 Å². The third-order valence-corrected chi connectivity index (χ3v) is 5.53. The molecule has 2 rings (SSSR count). The predicted octanol–water partition coefficient (Wildman–Crippen LogP) is 2.11. The molecule has 1 aromatic rings. The quantitative estimate of drug-likeness (QED) is 0.863. The summed E-state index contributed by atoms with van der Waals surface area (Å²) in [6.45, 7) is 1.03. The van der Waals surface area contributed by atoms with E-state index in [4.69, 9.17) is 22.1 Å². The molecule has 2 N–H and O–H groups in total. The lowest BCUT2D eigenvalue weighted by atomic mass is 10.1. The SMILES string of the molecule is CN(CC1CCCCO1)S(=O)(=O)c1ccc(Cl)cc1N. The highest BCUT2D eigenvalue weighted by atomic mass is 35.5. The third-order valence-electron chi connectivity index (χ3n) is 3.39. The van der Waals surface area contributed by atoms with Gasteiger partial charge in [-0.05, 0) is 37.5 Å². The third kappa shape index (κ3) is 3.44. The fraction of sp³-hybridized carbons (Fsp3) is 0.538. The summed E-state index contributed by atoms with van der Waals surface area (Å²) < 4.78 is 31.8. The van der Waals surface area contributed by atoms with E-state index in [2.05, 4.69) is 0 Å². The Morgan fingerprint density at radius 2 is 2.20 bits per heavy atom. The average Bonchev–Trinajstić information content (AvgIpc) is 2.39. The van der Waals surface area contributed by atoms with Crippen LogP contribution in [0.2, 0.25) is 5.02 Å². The number of sulfonamides is 1. The Bertz CT molecular complexity index is 571. The first kappa shape index (κ1) is 15.6. The van der Waals surface area contributed by atoms with Gasteiger partial charge in [0.25, 0.3) is 0 Å². The molecule has 1 unspecified atom stereocenters. The van der Waals surface area contributed by atoms with E-state index in [9.17, 15) is 8.42 Å². The number of halogens is 1. The molecular weight excluding hydrogens is 300 g/mol. The van der Waals surface area contributed by atoms with Crippen LogP contribution in [0.15, 0.2) is 23.1 Å². The van der Waals surface area contributed by atoms with Crippen molar-refractivity contribution in [2.45, 2.75) is 30.3 Å². The average molecular weight is 319 g/mol. The number of nitrogens with two attached hydrogens (primary N) is 1. The Labute approximate surface area is 124 Å². The molecule has 1 aliphatic heterocycles. The summed E-state index contributed by atoms with van der Waals surface area (Å²) >= 11 is 5.79. The molecule has 0 spiro atoms. The lowest BCUT2D eigenvalue weighted by Gasteiger charge is -2.27. The Balaban J connectivity index is 2.16. The first-order chi connectivity index (χ1) is 9.41. The van der Waals surface area contributed by atoms with Gasteiger partial charge in [0.2, 0.25) is 10.0 Å². The summed E-state index contributed by atoms with van der Waals surface area (Å²) in [5.74, 6) is 0. The molecule has 1 atom stereocenters. The summed E-state index contributed by atoms with van der Waals surface area (Å²) in [5.41, 5.74) is 5.92. The first-order valence-corrected chi connectivity index (χ1v) is 8.36. The molecule has 1 heterocycles. The molecule has 1 saturated heterocycles. The summed E-state index contributed by atoms with van der Waals surface area (Å²) in [4.78, 5) is 0.0835. The van der Waals surface area contributed by atoms with E-state index < -0.39 is 10.0 Å². The standard InChI is InChI=1S/C13H19ClN2O3S/c1-16(9-11-4-2-3-7-19-11)20(17,18)13-6-5-10(14)8-12(13)15/h5-6,8,11H,2-4,7,9,15H2,1H3. The molecule has 0 amide bonds. The molecule has 0 bridgehead atoms. The van der Waals surface area contributed by atoms with Crippen LogP contribution in [0.3, 0.4) is 0 Å². The smallest absolute Gasteiger partial charge is 0.244 e. The van der Waals surface area contributed by atoms with E-state index in [1.165, 1.54) is 22.5 Å². The van der Waals surface area contributed by atoms with Crippen molar-refractivity contribution in [3.63, 3.8) is 0 Å². The van der Waals surface area contributed by atoms with Crippen LogP contribution in [0.1, 0.15) is 19.3 Å². The lowest BCUT2D eigenvalue weighted by molar-refractivity contribution is 0.00859. The topological polar surface area (TPSA) is 72.6 Å². The van der Waals surface area contributed by atoms with Crippen LogP contribution in [0.25, 0.3) is 0 Å². The molecule has 112 valence electrons. The molecule has 1 aliphatic rings. The van der Waals surface area contributed by atoms with Crippen molar-refractivity contribution in [3.05, 3.63) is 23.2 Å². The maximum atomic E-state index is 12.5. The normalized spacial score (nSPS) is 20.2. The van der Waals surface area contributed by atoms with Gasteiger partial charge in [-0.25, -0.2) is 8.42 Å². The van der Waals surface area contributed by atoms with Gasteiger partial charge in [-0.3, -0.25) is 0 Å². The highest BCUT2D eigenvalue weighted by Gasteiger charge is 2.26. The second-order valence-corrected chi connectivity index (χ2v) is 7.41. The van der Waals surface area contributed by atoms with Gasteiger partial charge in [-0.1, -0.05) is 11.6 Å². The highest BCUT2D eigenvalue weighted by Crippen LogP contribution is 2.25. The fourth-order valence-corrected chi connectivity index (χ4v) is 3.73. The minimum Gasteiger partial charge on any atom is -0.398 e. The van der Waals surface area contributed by atoms with Gasteiger partial charge in [-0.15, -0.1) is 0 Å². The second kappa shape index (κ2) is 6.30. The Morgan fingerprint density at radius 1 is 1.45 bits per heavy atom. The van der Waals surface area contributed by atoms with Crippen LogP contribution in [0.4, 0.5) is 5.69 Å². The zero-order chi connectivity index (χ0) is 14.8. The lowest BCUT2D eigenvalue weighted by Crippen LogP contribution is -2.37. The number of nitrogens with zero attached hydrogens (tertiary/aromatic N) is 1. The molecular formula is C13H19ClN2O3S. The van der Waals surface area contributed by atoms with Crippen LogP contribution in [0.5, 0.6) is 0 Å². The summed E-state index contributed by atoms with van der Waals surface area (Å²) in [6, 6.07) is 4.40. The molecule has 0 saturated carbocycles. The molecule has 7 heteroatoms. The molecule has 5 nitrogen and oxygen atoms in total. The van der Waals surface area contributed by atoms with Gasteiger partial charge < -0.3 is 10.5 Å². The largest absolute Gasteiger partial charge is 0.398 e. The van der Waals surface area contributed by atoms with Gasteiger partial charge in [-0.2, -0.15) is 4.31 Å². The number of anilines is 1. The summed E-state index contributed by atoms with van der Waals surface area (Å²) in [5, 5.41) is 0.416. The van der Waals surface area contributed by atoms with Crippen molar-refractivity contribution in [2.24, 2.45) is 0 Å². The zero-order valence-electron chi connectivity index (χ0n) is 11.4. The van der Waals surface area contributed by atoms with Crippen molar-refractivity contribution >= 4 is 27.3 Å². The first-order valence-electron chi connectivity index (χ1n) is 6.54. The molecule has 1 fully saturated rings. The molecule has 20 heavy (non-hydrogen) atoms. The van der Waals surface area contributed by atoms with Crippen LogP contribution in [0, 0.1) is 0 Å². The van der Waals surface area contributed by atoms with Crippen molar-refractivity contribution < 1.29 is 13.2 Å². The Kier molecular flexibility index (Phi) is 4.90. The number of rotatable bonds is 4. The maximum Gasteiger partial charge on any atom is 0.244 e. The monoisotopic (exact) mass is 318 g/mol. The number of benzene rings is 1. The minimum atomic E-state index is -3.62. The van der Waals surface area contributed by atoms with Crippen LogP contribution in [-0.4, -0.2) is 39.0 Å². The number of nitrogen functional groups attached to an aromatic ring is 1. The van der Waals surface area contributed by atoms with E-state index in [1.807, 2.05) is 0 Å². The number of likely N-dealkylation sites (N-methyl/N-ethyl adjacent to an activating group) is 1. The predicted molar refractivity (Wildman–Crippen MR) is 79.3 cm³/mol. The summed E-state index contributed by atoms with van der Waals surface area (Å²) in [7, 11) is -2.07. The van der Waals surface area contributed by atoms with Crippen LogP contribution >= 0.6 is 11.6 Å². The molecule has 0 aromatic heterocycles. The van der Waals surface area contributed by atoms with E-state index in [-0.39, 0.29) is 16.7 Å². The van der Waals surface area contributed by atoms with E-state index >= 15 is 0 Å². The number of hydrogen-bond acceptors (Lipinski definition) is 4. The van der Waals surface area contributed by atoms with Crippen molar-refractivity contribution in [1.82, 2.24) is 4.31 Å². The molecule has 0 aliphatic carbocycles. The van der Waals surface area contributed by atoms with Gasteiger partial charge in [0.1, 0.15) is 4.90 Å². The minimum absolute atomic E-state index is 0.0444. The van der Waals surface area contributed by atoms with E-state index in [1.54, 1.807) is 7.05 Å². The molecule has 1 aromatic carbocycles. The fourth-order valence-electron chi connectivity index (χ4n) is 2.26. The van der Waals surface area contributed by atoms with Gasteiger partial charge in [0.05, 0.1) is 11.8 Å². The highest BCUT2D eigenvalue weighted by molar-refractivity contribution is 7.89. The Hall–Kier alpha value is -0.820. The molecule has 0 radical (unpaired) electrons. The summed E-state index contributed by atoms with van der Waals surface area (Å²) in [6.07, 6.45) is 2.95. The van der Waals surface area contributed by atoms with Gasteiger partial charge >= 0.3 is 0 Å². The number of hydrogen-bond donors (Lipinski definition) is 1. The maximum absolute atomic E-state index is 12.5. The van der Waals surface area contributed by atoms with Gasteiger partial charge in [0.15, 0.2) is 0 Å². The second-order valence-electron chi connectivity index (χ2n) is 4.96. The Morgan fingerprint density at radius 3 is 2.80 bits per heavy atom. The van der Waals surface area contributed by atoms with Gasteiger partial charge in [0, 0.05) is 25.2 Å². The van der Waals surface area contributed by atoms with E-state index in [0.29, 0.717) is 18.2 Å². The van der Waals surface area contributed by atoms with E-state index in [0.717, 1.165) is 19.3 Å².